The van der Waals surface area contributed by atoms with Gasteiger partial charge in [-0.3, -0.25) is 0 Å². The molecule has 0 atom stereocenters. The number of pyridine rings is 1. The summed E-state index contributed by atoms with van der Waals surface area (Å²) < 4.78 is 40.9. The molecule has 0 aliphatic rings. The van der Waals surface area contributed by atoms with E-state index in [1.807, 2.05) is 24.3 Å². The third-order valence-electron chi connectivity index (χ3n) is 5.90. The number of hydrogen-bond acceptors (Lipinski definition) is 5. The average molecular weight is 461 g/mol. The van der Waals surface area contributed by atoms with Crippen molar-refractivity contribution in [3.05, 3.63) is 78.0 Å². The smallest absolute Gasteiger partial charge is 0.203 e. The van der Waals surface area contributed by atoms with Gasteiger partial charge in [-0.1, -0.05) is 30.3 Å². The SMILES string of the molecule is COc1ccc(Cn2cc3nc4c(-c5cc(F)c(OC)cc5F)cccc4c(N)c3c2O)cc1. The Bertz CT molecular complexity index is 1550. The molecule has 3 aromatic carbocycles. The largest absolute Gasteiger partial charge is 0.497 e. The number of nitrogens with two attached hydrogens (primary N) is 1. The molecule has 34 heavy (non-hydrogen) atoms. The van der Waals surface area contributed by atoms with Gasteiger partial charge >= 0.3 is 0 Å². The first kappa shape index (κ1) is 21.5. The second-order valence-electron chi connectivity index (χ2n) is 7.88. The van der Waals surface area contributed by atoms with Crippen LogP contribution in [0.25, 0.3) is 32.9 Å². The Labute approximate surface area is 193 Å². The van der Waals surface area contributed by atoms with E-state index in [9.17, 15) is 13.9 Å². The maximum Gasteiger partial charge on any atom is 0.203 e. The number of anilines is 1. The molecule has 0 fully saturated rings. The van der Waals surface area contributed by atoms with Crippen molar-refractivity contribution in [3.8, 4) is 28.5 Å². The van der Waals surface area contributed by atoms with Crippen molar-refractivity contribution >= 4 is 27.5 Å². The molecule has 2 aromatic heterocycles. The molecular weight excluding hydrogens is 440 g/mol. The lowest BCUT2D eigenvalue weighted by atomic mass is 9.99. The molecule has 5 rings (SSSR count). The molecule has 0 spiro atoms. The zero-order valence-electron chi connectivity index (χ0n) is 18.5. The standard InChI is InChI=1S/C26H21F2N3O3/c1-33-15-8-6-14(7-9-15)12-31-13-21-23(26(31)32)24(29)17-5-3-4-16(25(17)30-21)18-10-20(28)22(34-2)11-19(18)27/h3-11,13,32H,12,29H2,1-2H3. The van der Waals surface area contributed by atoms with Crippen LogP contribution in [0.3, 0.4) is 0 Å². The summed E-state index contributed by atoms with van der Waals surface area (Å²) in [6, 6.07) is 14.6. The van der Waals surface area contributed by atoms with Gasteiger partial charge in [0, 0.05) is 28.8 Å². The van der Waals surface area contributed by atoms with E-state index >= 15 is 0 Å². The van der Waals surface area contributed by atoms with Gasteiger partial charge in [-0.15, -0.1) is 0 Å². The Morgan fingerprint density at radius 3 is 2.44 bits per heavy atom. The van der Waals surface area contributed by atoms with E-state index in [-0.39, 0.29) is 17.2 Å². The first-order chi connectivity index (χ1) is 16.4. The Morgan fingerprint density at radius 1 is 0.971 bits per heavy atom. The van der Waals surface area contributed by atoms with E-state index in [1.54, 1.807) is 36.1 Å². The molecule has 6 nitrogen and oxygen atoms in total. The fraction of sp³-hybridized carbons (Fsp3) is 0.115. The van der Waals surface area contributed by atoms with E-state index in [4.69, 9.17) is 15.2 Å². The highest BCUT2D eigenvalue weighted by molar-refractivity contribution is 6.12. The molecule has 8 heteroatoms. The summed E-state index contributed by atoms with van der Waals surface area (Å²) in [5.74, 6) is -0.807. The number of aromatic nitrogens is 2. The number of nitrogen functional groups attached to an aromatic ring is 1. The summed E-state index contributed by atoms with van der Waals surface area (Å²) in [6.45, 7) is 0.382. The Morgan fingerprint density at radius 2 is 1.74 bits per heavy atom. The van der Waals surface area contributed by atoms with Gasteiger partial charge in [-0.2, -0.15) is 0 Å². The van der Waals surface area contributed by atoms with Gasteiger partial charge in [0.1, 0.15) is 11.6 Å². The Balaban J connectivity index is 1.67. The number of nitrogens with zero attached hydrogens (tertiary/aromatic N) is 2. The van der Waals surface area contributed by atoms with Crippen molar-refractivity contribution in [2.45, 2.75) is 6.54 Å². The van der Waals surface area contributed by atoms with Crippen LogP contribution in [0.4, 0.5) is 14.5 Å². The summed E-state index contributed by atoms with van der Waals surface area (Å²) in [7, 11) is 2.87. The molecule has 172 valence electrons. The number of aromatic hydroxyl groups is 1. The van der Waals surface area contributed by atoms with Crippen LogP contribution >= 0.6 is 0 Å². The monoisotopic (exact) mass is 461 g/mol. The summed E-state index contributed by atoms with van der Waals surface area (Å²) >= 11 is 0. The van der Waals surface area contributed by atoms with Gasteiger partial charge in [-0.25, -0.2) is 13.8 Å². The molecule has 0 radical (unpaired) electrons. The number of rotatable bonds is 5. The molecule has 2 heterocycles. The normalized spacial score (nSPS) is 11.3. The van der Waals surface area contributed by atoms with Crippen molar-refractivity contribution in [2.75, 3.05) is 20.0 Å². The molecule has 0 amide bonds. The highest BCUT2D eigenvalue weighted by Gasteiger charge is 2.20. The molecule has 0 bridgehead atoms. The lowest BCUT2D eigenvalue weighted by Crippen LogP contribution is -1.97. The van der Waals surface area contributed by atoms with E-state index in [0.29, 0.717) is 39.6 Å². The maximum absolute atomic E-state index is 14.9. The third kappa shape index (κ3) is 3.44. The van der Waals surface area contributed by atoms with E-state index in [2.05, 4.69) is 4.98 Å². The van der Waals surface area contributed by atoms with Gasteiger partial charge in [0.2, 0.25) is 5.88 Å². The van der Waals surface area contributed by atoms with Crippen LogP contribution in [0.1, 0.15) is 5.56 Å². The molecular formula is C26H21F2N3O3. The molecule has 0 aliphatic heterocycles. The van der Waals surface area contributed by atoms with Crippen molar-refractivity contribution in [1.29, 1.82) is 0 Å². The fourth-order valence-electron chi connectivity index (χ4n) is 4.17. The molecule has 5 aromatic rings. The summed E-state index contributed by atoms with van der Waals surface area (Å²) in [5.41, 5.74) is 8.96. The van der Waals surface area contributed by atoms with E-state index in [1.165, 1.54) is 7.11 Å². The fourth-order valence-corrected chi connectivity index (χ4v) is 4.17. The second-order valence-corrected chi connectivity index (χ2v) is 7.88. The summed E-state index contributed by atoms with van der Waals surface area (Å²) in [5, 5.41) is 11.8. The molecule has 0 unspecified atom stereocenters. The van der Waals surface area contributed by atoms with E-state index < -0.39 is 11.6 Å². The van der Waals surface area contributed by atoms with Crippen molar-refractivity contribution in [3.63, 3.8) is 0 Å². The molecule has 0 saturated carbocycles. The topological polar surface area (TPSA) is 82.5 Å². The second kappa shape index (κ2) is 8.22. The minimum absolute atomic E-state index is 0.0233. The first-order valence-corrected chi connectivity index (χ1v) is 10.5. The number of fused-ring (bicyclic) bond motifs is 2. The number of halogens is 2. The number of hydrogen-bond donors (Lipinski definition) is 2. The zero-order chi connectivity index (χ0) is 24.0. The first-order valence-electron chi connectivity index (χ1n) is 10.5. The van der Waals surface area contributed by atoms with Crippen LogP contribution in [0.15, 0.2) is 60.8 Å². The third-order valence-corrected chi connectivity index (χ3v) is 5.90. The van der Waals surface area contributed by atoms with Gasteiger partial charge in [0.15, 0.2) is 11.6 Å². The lowest BCUT2D eigenvalue weighted by Gasteiger charge is -2.11. The van der Waals surface area contributed by atoms with Crippen LogP contribution in [-0.2, 0) is 6.54 Å². The number of benzene rings is 3. The molecule has 0 aliphatic carbocycles. The zero-order valence-corrected chi connectivity index (χ0v) is 18.5. The van der Waals surface area contributed by atoms with Crippen LogP contribution < -0.4 is 15.2 Å². The average Bonchev–Trinajstić information content (AvgIpc) is 3.15. The number of methoxy groups -OCH3 is 2. The van der Waals surface area contributed by atoms with Crippen LogP contribution in [-0.4, -0.2) is 28.9 Å². The van der Waals surface area contributed by atoms with Gasteiger partial charge in [0.05, 0.1) is 42.9 Å². The highest BCUT2D eigenvalue weighted by Crippen LogP contribution is 2.40. The molecule has 3 N–H and O–H groups in total. The summed E-state index contributed by atoms with van der Waals surface area (Å²) in [6.07, 6.45) is 1.69. The van der Waals surface area contributed by atoms with Crippen LogP contribution in [0.5, 0.6) is 17.4 Å². The summed E-state index contributed by atoms with van der Waals surface area (Å²) in [4.78, 5) is 4.68. The predicted octanol–water partition coefficient (Wildman–Crippen LogP) is 5.49. The number of ether oxygens (including phenoxy) is 2. The highest BCUT2D eigenvalue weighted by atomic mass is 19.1. The number of para-hydroxylation sites is 1. The lowest BCUT2D eigenvalue weighted by molar-refractivity contribution is 0.383. The van der Waals surface area contributed by atoms with Crippen molar-refractivity contribution < 1.29 is 23.4 Å². The molecule has 0 saturated heterocycles. The van der Waals surface area contributed by atoms with Crippen molar-refractivity contribution in [2.24, 2.45) is 0 Å². The predicted molar refractivity (Wildman–Crippen MR) is 127 cm³/mol. The van der Waals surface area contributed by atoms with Gasteiger partial charge in [0.25, 0.3) is 0 Å². The van der Waals surface area contributed by atoms with Crippen LogP contribution in [0, 0.1) is 11.6 Å². The minimum atomic E-state index is -0.687. The van der Waals surface area contributed by atoms with Gasteiger partial charge in [-0.05, 0) is 23.8 Å². The van der Waals surface area contributed by atoms with E-state index in [0.717, 1.165) is 23.4 Å². The Hall–Kier alpha value is -4.33. The maximum atomic E-state index is 14.9. The van der Waals surface area contributed by atoms with Crippen molar-refractivity contribution in [1.82, 2.24) is 9.55 Å². The van der Waals surface area contributed by atoms with Gasteiger partial charge < -0.3 is 24.9 Å². The van der Waals surface area contributed by atoms with Crippen LogP contribution in [0.2, 0.25) is 0 Å². The minimum Gasteiger partial charge on any atom is -0.497 e. The quantitative estimate of drug-likeness (QED) is 0.362. The Kier molecular flexibility index (Phi) is 5.20.